The second kappa shape index (κ2) is 5.00. The second-order valence-corrected chi connectivity index (χ2v) is 4.02. The highest BCUT2D eigenvalue weighted by Gasteiger charge is 2.09. The minimum atomic E-state index is -0.701. The van der Waals surface area contributed by atoms with E-state index in [2.05, 4.69) is 10.3 Å². The number of aryl methyl sites for hydroxylation is 1. The number of anilines is 2. The molecular weight excluding hydrogens is 236 g/mol. The molecular formula is C13H13F2N3. The van der Waals surface area contributed by atoms with Crippen molar-refractivity contribution >= 4 is 11.4 Å². The number of halogens is 2. The number of rotatable bonds is 3. The molecule has 3 N–H and O–H groups in total. The molecule has 1 aromatic heterocycles. The molecule has 2 aromatic rings. The van der Waals surface area contributed by atoms with Crippen LogP contribution >= 0.6 is 0 Å². The Labute approximate surface area is 104 Å². The number of hydrogen-bond acceptors (Lipinski definition) is 3. The highest BCUT2D eigenvalue weighted by atomic mass is 19.1. The first-order chi connectivity index (χ1) is 8.56. The molecule has 0 aliphatic carbocycles. The summed E-state index contributed by atoms with van der Waals surface area (Å²) in [6, 6.07) is 5.85. The van der Waals surface area contributed by atoms with Crippen LogP contribution in [0.1, 0.15) is 11.3 Å². The zero-order valence-corrected chi connectivity index (χ0v) is 9.87. The van der Waals surface area contributed by atoms with Gasteiger partial charge in [-0.25, -0.2) is 8.78 Å². The van der Waals surface area contributed by atoms with E-state index in [-0.39, 0.29) is 11.4 Å². The van der Waals surface area contributed by atoms with Gasteiger partial charge in [-0.1, -0.05) is 6.07 Å². The molecule has 0 saturated heterocycles. The molecule has 3 nitrogen and oxygen atoms in total. The van der Waals surface area contributed by atoms with Crippen molar-refractivity contribution in [3.63, 3.8) is 0 Å². The third-order valence-corrected chi connectivity index (χ3v) is 2.51. The van der Waals surface area contributed by atoms with Crippen molar-refractivity contribution in [1.29, 1.82) is 0 Å². The normalized spacial score (nSPS) is 10.4. The van der Waals surface area contributed by atoms with Crippen LogP contribution in [0.25, 0.3) is 0 Å². The maximum absolute atomic E-state index is 13.5. The largest absolute Gasteiger partial charge is 0.399 e. The molecule has 0 saturated carbocycles. The van der Waals surface area contributed by atoms with Crippen molar-refractivity contribution in [2.75, 3.05) is 11.1 Å². The lowest BCUT2D eigenvalue weighted by atomic mass is 10.2. The van der Waals surface area contributed by atoms with Gasteiger partial charge in [0, 0.05) is 24.1 Å². The molecule has 0 amide bonds. The quantitative estimate of drug-likeness (QED) is 0.822. The highest BCUT2D eigenvalue weighted by Crippen LogP contribution is 2.22. The van der Waals surface area contributed by atoms with Gasteiger partial charge in [0.15, 0.2) is 11.6 Å². The van der Waals surface area contributed by atoms with Gasteiger partial charge in [0.05, 0.1) is 0 Å². The van der Waals surface area contributed by atoms with Gasteiger partial charge in [0.25, 0.3) is 0 Å². The summed E-state index contributed by atoms with van der Waals surface area (Å²) in [5, 5.41) is 2.70. The lowest BCUT2D eigenvalue weighted by Crippen LogP contribution is -2.05. The van der Waals surface area contributed by atoms with Crippen LogP contribution in [0.4, 0.5) is 20.2 Å². The first-order valence-electron chi connectivity index (χ1n) is 5.46. The van der Waals surface area contributed by atoms with Gasteiger partial charge in [0.1, 0.15) is 5.69 Å². The van der Waals surface area contributed by atoms with E-state index >= 15 is 0 Å². The van der Waals surface area contributed by atoms with E-state index in [1.54, 1.807) is 6.20 Å². The summed E-state index contributed by atoms with van der Waals surface area (Å²) in [5.74, 6) is -1.40. The van der Waals surface area contributed by atoms with Crippen molar-refractivity contribution in [2.24, 2.45) is 0 Å². The van der Waals surface area contributed by atoms with Crippen molar-refractivity contribution in [3.05, 3.63) is 53.4 Å². The van der Waals surface area contributed by atoms with Crippen LogP contribution in [-0.4, -0.2) is 4.98 Å². The number of benzene rings is 1. The van der Waals surface area contributed by atoms with Crippen molar-refractivity contribution in [2.45, 2.75) is 13.5 Å². The Hall–Kier alpha value is -2.17. The average molecular weight is 249 g/mol. The fourth-order valence-corrected chi connectivity index (χ4v) is 1.56. The van der Waals surface area contributed by atoms with Crippen molar-refractivity contribution in [3.8, 4) is 0 Å². The molecule has 0 aliphatic rings. The van der Waals surface area contributed by atoms with Crippen LogP contribution in [-0.2, 0) is 6.54 Å². The zero-order chi connectivity index (χ0) is 13.1. The van der Waals surface area contributed by atoms with E-state index in [1.165, 1.54) is 0 Å². The standard InChI is InChI=1S/C13H13F2N3/c1-8-2-3-9(6-17-8)7-18-13-11(14)4-10(16)5-12(13)15/h2-6,18H,7,16H2,1H3. The number of hydrogen-bond donors (Lipinski definition) is 2. The monoisotopic (exact) mass is 249 g/mol. The Morgan fingerprint density at radius 3 is 2.44 bits per heavy atom. The van der Waals surface area contributed by atoms with Gasteiger partial charge in [0.2, 0.25) is 0 Å². The van der Waals surface area contributed by atoms with E-state index in [9.17, 15) is 8.78 Å². The van der Waals surface area contributed by atoms with E-state index in [1.807, 2.05) is 19.1 Å². The van der Waals surface area contributed by atoms with Gasteiger partial charge in [-0.05, 0) is 30.7 Å². The van der Waals surface area contributed by atoms with E-state index in [4.69, 9.17) is 5.73 Å². The number of nitrogens with one attached hydrogen (secondary N) is 1. The SMILES string of the molecule is Cc1ccc(CNc2c(F)cc(N)cc2F)cn1. The van der Waals surface area contributed by atoms with E-state index < -0.39 is 11.6 Å². The molecule has 18 heavy (non-hydrogen) atoms. The molecule has 0 aliphatic heterocycles. The summed E-state index contributed by atoms with van der Waals surface area (Å²) >= 11 is 0. The third-order valence-electron chi connectivity index (χ3n) is 2.51. The molecule has 0 bridgehead atoms. The van der Waals surface area contributed by atoms with Crippen LogP contribution in [0.2, 0.25) is 0 Å². The molecule has 1 heterocycles. The number of nitrogens with two attached hydrogens (primary N) is 1. The number of aromatic nitrogens is 1. The topological polar surface area (TPSA) is 50.9 Å². The summed E-state index contributed by atoms with van der Waals surface area (Å²) in [4.78, 5) is 4.10. The summed E-state index contributed by atoms with van der Waals surface area (Å²) in [6.07, 6.45) is 1.66. The molecule has 0 radical (unpaired) electrons. The predicted octanol–water partition coefficient (Wildman–Crippen LogP) is 2.86. The summed E-state index contributed by atoms with van der Waals surface area (Å²) in [5.41, 5.74) is 6.96. The molecule has 0 spiro atoms. The van der Waals surface area contributed by atoms with E-state index in [0.717, 1.165) is 23.4 Å². The third kappa shape index (κ3) is 2.74. The molecule has 2 rings (SSSR count). The van der Waals surface area contributed by atoms with Crippen molar-refractivity contribution in [1.82, 2.24) is 4.98 Å². The van der Waals surface area contributed by atoms with Crippen LogP contribution in [0.15, 0.2) is 30.5 Å². The fourth-order valence-electron chi connectivity index (χ4n) is 1.56. The number of pyridine rings is 1. The van der Waals surface area contributed by atoms with E-state index in [0.29, 0.717) is 6.54 Å². The highest BCUT2D eigenvalue weighted by molar-refractivity contribution is 5.54. The molecule has 5 heteroatoms. The second-order valence-electron chi connectivity index (χ2n) is 4.02. The Morgan fingerprint density at radius 2 is 1.89 bits per heavy atom. The Bertz CT molecular complexity index is 530. The maximum atomic E-state index is 13.5. The number of nitrogens with zero attached hydrogens (tertiary/aromatic N) is 1. The maximum Gasteiger partial charge on any atom is 0.151 e. The minimum absolute atomic E-state index is 0.0625. The van der Waals surface area contributed by atoms with Crippen LogP contribution < -0.4 is 11.1 Å². The smallest absolute Gasteiger partial charge is 0.151 e. The van der Waals surface area contributed by atoms with Gasteiger partial charge >= 0.3 is 0 Å². The Morgan fingerprint density at radius 1 is 1.22 bits per heavy atom. The van der Waals surface area contributed by atoms with Gasteiger partial charge in [-0.2, -0.15) is 0 Å². The van der Waals surface area contributed by atoms with Gasteiger partial charge in [-0.15, -0.1) is 0 Å². The summed E-state index contributed by atoms with van der Waals surface area (Å²) < 4.78 is 27.0. The Kier molecular flexibility index (Phi) is 3.41. The zero-order valence-electron chi connectivity index (χ0n) is 9.87. The predicted molar refractivity (Wildman–Crippen MR) is 67.1 cm³/mol. The molecule has 94 valence electrons. The summed E-state index contributed by atoms with van der Waals surface area (Å²) in [7, 11) is 0. The van der Waals surface area contributed by atoms with Gasteiger partial charge in [-0.3, -0.25) is 4.98 Å². The Balaban J connectivity index is 2.13. The summed E-state index contributed by atoms with van der Waals surface area (Å²) in [6.45, 7) is 2.17. The first-order valence-corrected chi connectivity index (χ1v) is 5.46. The van der Waals surface area contributed by atoms with Crippen LogP contribution in [0.5, 0.6) is 0 Å². The number of nitrogen functional groups attached to an aromatic ring is 1. The fraction of sp³-hybridized carbons (Fsp3) is 0.154. The lowest BCUT2D eigenvalue weighted by molar-refractivity contribution is 0.589. The lowest BCUT2D eigenvalue weighted by Gasteiger charge is -2.09. The molecule has 0 fully saturated rings. The van der Waals surface area contributed by atoms with Crippen molar-refractivity contribution < 1.29 is 8.78 Å². The minimum Gasteiger partial charge on any atom is -0.399 e. The first kappa shape index (κ1) is 12.3. The molecule has 0 atom stereocenters. The molecule has 0 unspecified atom stereocenters. The van der Waals surface area contributed by atoms with Crippen LogP contribution in [0, 0.1) is 18.6 Å². The molecule has 1 aromatic carbocycles. The van der Waals surface area contributed by atoms with Crippen LogP contribution in [0.3, 0.4) is 0 Å². The van der Waals surface area contributed by atoms with Gasteiger partial charge < -0.3 is 11.1 Å². The average Bonchev–Trinajstić information content (AvgIpc) is 2.30.